The maximum atomic E-state index is 8.88. The van der Waals surface area contributed by atoms with Crippen LogP contribution in [0.5, 0.6) is 0 Å². The summed E-state index contributed by atoms with van der Waals surface area (Å²) in [4.78, 5) is 15.2. The molecule has 0 bridgehead atoms. The van der Waals surface area contributed by atoms with Crippen LogP contribution in [0.3, 0.4) is 0 Å². The normalized spacial score (nSPS) is 13.0. The number of hydrogen-bond donors (Lipinski definition) is 0. The van der Waals surface area contributed by atoms with E-state index in [1.807, 2.05) is 72.8 Å². The summed E-state index contributed by atoms with van der Waals surface area (Å²) >= 11 is 3.26. The Morgan fingerprint density at radius 1 is 0.380 bits per heavy atom. The molecular weight excluding hydrogens is 647 g/mol. The summed E-state index contributed by atoms with van der Waals surface area (Å²) in [5.74, 6) is 1.71. The lowest BCUT2D eigenvalue weighted by molar-refractivity contribution is 1.08. The SMILES string of the molecule is [2H]c1c([2H])c([2H])c(-c2cc(-c3ccccc3)cc3c2sc2cc(-c4nc(-c5ccccc5)nc(-c5cccc6c5sc5ccccc56)n4)ccc23)c([2H])c1[2H]. The van der Waals surface area contributed by atoms with Crippen LogP contribution in [0.2, 0.25) is 0 Å². The predicted molar refractivity (Wildman–Crippen MR) is 213 cm³/mol. The molecule has 7 aromatic carbocycles. The minimum absolute atomic E-state index is 0.186. The van der Waals surface area contributed by atoms with Gasteiger partial charge in [-0.3, -0.25) is 0 Å². The molecule has 0 fully saturated rings. The smallest absolute Gasteiger partial charge is 0.165 e. The monoisotopic (exact) mass is 678 g/mol. The third-order valence-corrected chi connectivity index (χ3v) is 11.4. The molecule has 234 valence electrons. The van der Waals surface area contributed by atoms with E-state index in [2.05, 4.69) is 60.7 Å². The van der Waals surface area contributed by atoms with Crippen LogP contribution in [0, 0.1) is 0 Å². The molecule has 0 atom stereocenters. The first kappa shape index (κ1) is 24.2. The Bertz CT molecular complexity index is 3130. The average Bonchev–Trinajstić information content (AvgIpc) is 3.81. The number of nitrogens with zero attached hydrogens (tertiary/aromatic N) is 3. The van der Waals surface area contributed by atoms with Crippen molar-refractivity contribution in [1.29, 1.82) is 0 Å². The summed E-state index contributed by atoms with van der Waals surface area (Å²) < 4.78 is 47.0. The fraction of sp³-hybridized carbons (Fsp3) is 0. The number of thiophene rings is 2. The van der Waals surface area contributed by atoms with Crippen LogP contribution in [-0.4, -0.2) is 15.0 Å². The number of benzene rings is 7. The van der Waals surface area contributed by atoms with Gasteiger partial charge in [0.05, 0.1) is 6.85 Å². The van der Waals surface area contributed by atoms with Gasteiger partial charge in [0.2, 0.25) is 0 Å². The van der Waals surface area contributed by atoms with Gasteiger partial charge in [0.1, 0.15) is 0 Å². The van der Waals surface area contributed by atoms with Crippen molar-refractivity contribution in [3.05, 3.63) is 164 Å². The molecular formula is C45H27N3S2. The predicted octanol–water partition coefficient (Wildman–Crippen LogP) is 12.9. The Kier molecular flexibility index (Phi) is 5.73. The van der Waals surface area contributed by atoms with E-state index in [-0.39, 0.29) is 29.7 Å². The van der Waals surface area contributed by atoms with Gasteiger partial charge in [-0.1, -0.05) is 133 Å². The van der Waals surface area contributed by atoms with Gasteiger partial charge in [0.25, 0.3) is 0 Å². The molecule has 0 aliphatic heterocycles. The molecule has 0 N–H and O–H groups in total. The molecule has 10 rings (SSSR count). The molecule has 0 aliphatic carbocycles. The number of rotatable bonds is 5. The van der Waals surface area contributed by atoms with Gasteiger partial charge < -0.3 is 0 Å². The van der Waals surface area contributed by atoms with Crippen molar-refractivity contribution >= 4 is 63.0 Å². The zero-order valence-corrected chi connectivity index (χ0v) is 28.0. The Morgan fingerprint density at radius 3 is 1.84 bits per heavy atom. The molecule has 0 saturated heterocycles. The third kappa shape index (κ3) is 4.90. The standard InChI is InChI=1S/C45H27N3S2/c1-4-13-28(14-5-1)32-25-37(29-15-6-2-7-16-29)42-38(26-32)34-24-23-31(27-40(34)50-42)44-46-43(30-17-8-3-9-18-30)47-45(48-44)36-21-12-20-35-33-19-10-11-22-39(33)49-41(35)36/h1-27H/i2D,6D,7D,15D,16D. The summed E-state index contributed by atoms with van der Waals surface area (Å²) in [6, 6.07) is 43.2. The minimum Gasteiger partial charge on any atom is -0.208 e. The fourth-order valence-electron chi connectivity index (χ4n) is 6.65. The van der Waals surface area contributed by atoms with Crippen molar-refractivity contribution in [2.45, 2.75) is 0 Å². The number of fused-ring (bicyclic) bond motifs is 6. The Balaban J connectivity index is 1.20. The van der Waals surface area contributed by atoms with E-state index in [4.69, 9.17) is 21.8 Å². The van der Waals surface area contributed by atoms with Gasteiger partial charge in [-0.15, -0.1) is 22.7 Å². The largest absolute Gasteiger partial charge is 0.208 e. The molecule has 0 aliphatic rings. The topological polar surface area (TPSA) is 38.7 Å². The second-order valence-electron chi connectivity index (χ2n) is 12.0. The van der Waals surface area contributed by atoms with E-state index in [9.17, 15) is 0 Å². The zero-order valence-electron chi connectivity index (χ0n) is 31.4. The van der Waals surface area contributed by atoms with Gasteiger partial charge >= 0.3 is 0 Å². The van der Waals surface area contributed by atoms with Crippen molar-refractivity contribution < 1.29 is 6.85 Å². The molecule has 0 radical (unpaired) electrons. The van der Waals surface area contributed by atoms with Gasteiger partial charge in [-0.05, 0) is 47.0 Å². The van der Waals surface area contributed by atoms with Crippen molar-refractivity contribution in [1.82, 2.24) is 15.0 Å². The van der Waals surface area contributed by atoms with E-state index in [0.717, 1.165) is 58.1 Å². The molecule has 10 aromatic rings. The lowest BCUT2D eigenvalue weighted by atomic mass is 9.96. The molecule has 0 spiro atoms. The van der Waals surface area contributed by atoms with Gasteiger partial charge in [0, 0.05) is 62.6 Å². The highest BCUT2D eigenvalue weighted by Gasteiger charge is 2.18. The van der Waals surface area contributed by atoms with Gasteiger partial charge in [-0.25, -0.2) is 15.0 Å². The van der Waals surface area contributed by atoms with Crippen LogP contribution in [0.4, 0.5) is 0 Å². The Morgan fingerprint density at radius 2 is 1.02 bits per heavy atom. The quantitative estimate of drug-likeness (QED) is 0.182. The fourth-order valence-corrected chi connectivity index (χ4v) is 9.11. The van der Waals surface area contributed by atoms with E-state index in [0.29, 0.717) is 23.0 Å². The summed E-state index contributed by atoms with van der Waals surface area (Å²) in [5, 5.41) is 4.29. The van der Waals surface area contributed by atoms with Crippen LogP contribution in [0.1, 0.15) is 6.85 Å². The third-order valence-electron chi connectivity index (χ3n) is 9.02. The van der Waals surface area contributed by atoms with Crippen molar-refractivity contribution in [2.24, 2.45) is 0 Å². The Hall–Kier alpha value is -6.01. The van der Waals surface area contributed by atoms with E-state index < -0.39 is 6.04 Å². The molecule has 0 amide bonds. The highest BCUT2D eigenvalue weighted by Crippen LogP contribution is 2.44. The lowest BCUT2D eigenvalue weighted by Gasteiger charge is -2.09. The molecule has 3 aromatic heterocycles. The van der Waals surface area contributed by atoms with Crippen LogP contribution < -0.4 is 0 Å². The first-order valence-corrected chi connectivity index (χ1v) is 17.8. The van der Waals surface area contributed by atoms with Crippen LogP contribution in [0.25, 0.3) is 96.8 Å². The van der Waals surface area contributed by atoms with E-state index in [1.165, 1.54) is 21.4 Å². The van der Waals surface area contributed by atoms with Crippen LogP contribution in [-0.2, 0) is 0 Å². The molecule has 3 nitrogen and oxygen atoms in total. The average molecular weight is 679 g/mol. The molecule has 0 saturated carbocycles. The van der Waals surface area contributed by atoms with E-state index >= 15 is 0 Å². The van der Waals surface area contributed by atoms with E-state index in [1.54, 1.807) is 11.3 Å². The summed E-state index contributed by atoms with van der Waals surface area (Å²) in [5.41, 5.74) is 5.29. The minimum atomic E-state index is -0.412. The summed E-state index contributed by atoms with van der Waals surface area (Å²) in [7, 11) is 0. The molecule has 50 heavy (non-hydrogen) atoms. The number of hydrogen-bond acceptors (Lipinski definition) is 5. The first-order chi connectivity index (χ1) is 26.8. The molecule has 5 heteroatoms. The molecule has 0 unspecified atom stereocenters. The van der Waals surface area contributed by atoms with Crippen molar-refractivity contribution in [3.63, 3.8) is 0 Å². The molecule has 3 heterocycles. The summed E-state index contributed by atoms with van der Waals surface area (Å²) in [6.07, 6.45) is 0. The lowest BCUT2D eigenvalue weighted by Crippen LogP contribution is -2.00. The second kappa shape index (κ2) is 11.8. The second-order valence-corrected chi connectivity index (χ2v) is 14.1. The van der Waals surface area contributed by atoms with Crippen molar-refractivity contribution in [3.8, 4) is 56.4 Å². The highest BCUT2D eigenvalue weighted by molar-refractivity contribution is 7.26. The number of aromatic nitrogens is 3. The maximum Gasteiger partial charge on any atom is 0.165 e. The maximum absolute atomic E-state index is 8.88. The highest BCUT2D eigenvalue weighted by atomic mass is 32.1. The Labute approximate surface area is 303 Å². The van der Waals surface area contributed by atoms with Gasteiger partial charge in [0.15, 0.2) is 17.5 Å². The van der Waals surface area contributed by atoms with Crippen molar-refractivity contribution in [2.75, 3.05) is 0 Å². The summed E-state index contributed by atoms with van der Waals surface area (Å²) in [6.45, 7) is 0. The van der Waals surface area contributed by atoms with Crippen LogP contribution >= 0.6 is 22.7 Å². The van der Waals surface area contributed by atoms with Crippen LogP contribution in [0.15, 0.2) is 164 Å². The zero-order chi connectivity index (χ0) is 37.4. The van der Waals surface area contributed by atoms with Gasteiger partial charge in [-0.2, -0.15) is 0 Å². The first-order valence-electron chi connectivity index (χ1n) is 18.7.